The highest BCUT2D eigenvalue weighted by molar-refractivity contribution is 6.24. The number of hydrogen-bond acceptors (Lipinski definition) is 10. The summed E-state index contributed by atoms with van der Waals surface area (Å²) in [6, 6.07) is 39.0. The first kappa shape index (κ1) is 32.9. The minimum absolute atomic E-state index is 0.359. The molecular formula is C43H32N4O8. The molecule has 4 amide bonds. The number of benzene rings is 4. The first-order chi connectivity index (χ1) is 27.0. The summed E-state index contributed by atoms with van der Waals surface area (Å²) in [7, 11) is 0. The predicted molar refractivity (Wildman–Crippen MR) is 198 cm³/mol. The summed E-state index contributed by atoms with van der Waals surface area (Å²) in [5.41, 5.74) is 4.21. The van der Waals surface area contributed by atoms with E-state index in [4.69, 9.17) is 18.5 Å². The van der Waals surface area contributed by atoms with Gasteiger partial charge in [0.05, 0.1) is 35.3 Å². The van der Waals surface area contributed by atoms with Gasteiger partial charge in [-0.1, -0.05) is 60.7 Å². The predicted octanol–water partition coefficient (Wildman–Crippen LogP) is 6.57. The monoisotopic (exact) mass is 732 g/mol. The Hall–Kier alpha value is -6.76. The molecule has 6 aromatic rings. The summed E-state index contributed by atoms with van der Waals surface area (Å²) in [6.07, 6.45) is 1.62. The summed E-state index contributed by atoms with van der Waals surface area (Å²) >= 11 is 0. The molecular weight excluding hydrogens is 700 g/mol. The zero-order chi connectivity index (χ0) is 37.2. The second kappa shape index (κ2) is 13.0. The van der Waals surface area contributed by atoms with E-state index < -0.39 is 47.9 Å². The van der Waals surface area contributed by atoms with E-state index >= 15 is 0 Å². The Morgan fingerprint density at radius 1 is 0.418 bits per heavy atom. The third kappa shape index (κ3) is 5.29. The lowest BCUT2D eigenvalue weighted by Gasteiger charge is -2.27. The lowest BCUT2D eigenvalue weighted by molar-refractivity contribution is -0.127. The molecule has 4 aliphatic heterocycles. The molecule has 6 heterocycles. The van der Waals surface area contributed by atoms with Crippen LogP contribution in [0, 0.1) is 11.8 Å². The molecule has 4 fully saturated rings. The van der Waals surface area contributed by atoms with E-state index in [0.29, 0.717) is 40.7 Å². The van der Waals surface area contributed by atoms with Crippen molar-refractivity contribution >= 4 is 46.4 Å². The molecule has 12 heteroatoms. The Morgan fingerprint density at radius 2 is 0.818 bits per heavy atom. The number of anilines is 4. The number of hydroxylamine groups is 2. The number of hydrogen-bond donors (Lipinski definition) is 0. The SMILES string of the molecule is O=C1[C@H]2ON(c3ccccc3)C(c3ccco3)[C@H]2C(=O)N1c1ccc(Cc2ccc(N3C(=O)[C@@H]4ON(c5ccccc5)C(c5ccco5)[C@@H]4C3=O)cc2)cc1. The van der Waals surface area contributed by atoms with E-state index in [1.165, 1.54) is 9.80 Å². The largest absolute Gasteiger partial charge is 0.467 e. The molecule has 0 radical (unpaired) electrons. The minimum Gasteiger partial charge on any atom is -0.467 e. The highest BCUT2D eigenvalue weighted by atomic mass is 16.7. The van der Waals surface area contributed by atoms with E-state index in [1.807, 2.05) is 84.9 Å². The summed E-state index contributed by atoms with van der Waals surface area (Å²) < 4.78 is 11.4. The fourth-order valence-electron chi connectivity index (χ4n) is 8.19. The molecule has 4 saturated heterocycles. The van der Waals surface area contributed by atoms with Gasteiger partial charge in [-0.3, -0.25) is 28.9 Å². The number of carbonyl (C=O) groups excluding carboxylic acids is 4. The van der Waals surface area contributed by atoms with Gasteiger partial charge >= 0.3 is 0 Å². The lowest BCUT2D eigenvalue weighted by atomic mass is 9.94. The van der Waals surface area contributed by atoms with Crippen molar-refractivity contribution in [2.75, 3.05) is 19.9 Å². The van der Waals surface area contributed by atoms with Crippen molar-refractivity contribution in [2.24, 2.45) is 11.8 Å². The first-order valence-corrected chi connectivity index (χ1v) is 18.0. The van der Waals surface area contributed by atoms with Gasteiger partial charge in [0.25, 0.3) is 11.8 Å². The molecule has 6 atom stereocenters. The summed E-state index contributed by atoms with van der Waals surface area (Å²) in [5, 5.41) is 3.20. The van der Waals surface area contributed by atoms with E-state index in [-0.39, 0.29) is 11.8 Å². The summed E-state index contributed by atoms with van der Waals surface area (Å²) in [4.78, 5) is 70.1. The van der Waals surface area contributed by atoms with Gasteiger partial charge in [0, 0.05) is 0 Å². The third-order valence-corrected chi connectivity index (χ3v) is 10.7. The van der Waals surface area contributed by atoms with Crippen LogP contribution in [0.2, 0.25) is 0 Å². The van der Waals surface area contributed by atoms with Crippen LogP contribution in [0.5, 0.6) is 0 Å². The van der Waals surface area contributed by atoms with Crippen molar-refractivity contribution in [1.29, 1.82) is 0 Å². The van der Waals surface area contributed by atoms with Gasteiger partial charge in [0.15, 0.2) is 12.2 Å². The van der Waals surface area contributed by atoms with Crippen LogP contribution >= 0.6 is 0 Å². The second-order valence-electron chi connectivity index (χ2n) is 13.9. The van der Waals surface area contributed by atoms with Crippen LogP contribution in [-0.4, -0.2) is 35.8 Å². The molecule has 0 N–H and O–H groups in total. The van der Waals surface area contributed by atoms with Crippen molar-refractivity contribution in [3.05, 3.63) is 169 Å². The number of imide groups is 2. The number of amides is 4. The number of para-hydroxylation sites is 2. The highest BCUT2D eigenvalue weighted by Gasteiger charge is 2.62. The van der Waals surface area contributed by atoms with Gasteiger partial charge in [-0.25, -0.2) is 19.9 Å². The van der Waals surface area contributed by atoms with Gasteiger partial charge in [0.1, 0.15) is 35.4 Å². The van der Waals surface area contributed by atoms with Gasteiger partial charge in [-0.05, 0) is 90.3 Å². The Kier molecular flexibility index (Phi) is 7.75. The smallest absolute Gasteiger partial charge is 0.266 e. The van der Waals surface area contributed by atoms with Crippen molar-refractivity contribution in [2.45, 2.75) is 30.7 Å². The van der Waals surface area contributed by atoms with Crippen LogP contribution in [0.3, 0.4) is 0 Å². The zero-order valence-electron chi connectivity index (χ0n) is 29.1. The quantitative estimate of drug-likeness (QED) is 0.159. The van der Waals surface area contributed by atoms with Crippen LogP contribution in [-0.2, 0) is 35.3 Å². The van der Waals surface area contributed by atoms with Gasteiger partial charge in [-0.2, -0.15) is 0 Å². The Morgan fingerprint density at radius 3 is 1.18 bits per heavy atom. The molecule has 272 valence electrons. The van der Waals surface area contributed by atoms with Crippen molar-refractivity contribution in [3.8, 4) is 0 Å². The van der Waals surface area contributed by atoms with Crippen molar-refractivity contribution in [3.63, 3.8) is 0 Å². The molecule has 4 aliphatic rings. The topological polar surface area (TPSA) is 126 Å². The van der Waals surface area contributed by atoms with Crippen LogP contribution in [0.1, 0.15) is 34.7 Å². The molecule has 0 aliphatic carbocycles. The normalized spacial score (nSPS) is 24.7. The van der Waals surface area contributed by atoms with Crippen molar-refractivity contribution < 1.29 is 37.7 Å². The van der Waals surface area contributed by atoms with E-state index in [2.05, 4.69) is 0 Å². The number of rotatable bonds is 8. The van der Waals surface area contributed by atoms with Crippen molar-refractivity contribution in [1.82, 2.24) is 0 Å². The van der Waals surface area contributed by atoms with Gasteiger partial charge in [-0.15, -0.1) is 0 Å². The number of nitrogens with zero attached hydrogens (tertiary/aromatic N) is 4. The molecule has 0 bridgehead atoms. The lowest BCUT2D eigenvalue weighted by Crippen LogP contribution is -2.37. The molecule has 0 saturated carbocycles. The fourth-order valence-corrected chi connectivity index (χ4v) is 8.19. The summed E-state index contributed by atoms with van der Waals surface area (Å²) in [6.45, 7) is 0. The maximum Gasteiger partial charge on any atom is 0.266 e. The number of fused-ring (bicyclic) bond motifs is 2. The van der Waals surface area contributed by atoms with E-state index in [0.717, 1.165) is 11.1 Å². The molecule has 4 aromatic carbocycles. The van der Waals surface area contributed by atoms with E-state index in [1.54, 1.807) is 71.2 Å². The highest BCUT2D eigenvalue weighted by Crippen LogP contribution is 2.49. The summed E-state index contributed by atoms with van der Waals surface area (Å²) in [5.74, 6) is -2.11. The Bertz CT molecular complexity index is 2220. The molecule has 2 aromatic heterocycles. The number of carbonyl (C=O) groups is 4. The zero-order valence-corrected chi connectivity index (χ0v) is 29.1. The maximum absolute atomic E-state index is 14.0. The fraction of sp³-hybridized carbons (Fsp3) is 0.163. The van der Waals surface area contributed by atoms with Crippen LogP contribution in [0.4, 0.5) is 22.7 Å². The second-order valence-corrected chi connectivity index (χ2v) is 13.9. The average molecular weight is 733 g/mol. The van der Waals surface area contributed by atoms with Gasteiger partial charge in [0.2, 0.25) is 11.8 Å². The van der Waals surface area contributed by atoms with Crippen LogP contribution in [0.25, 0.3) is 0 Å². The maximum atomic E-state index is 14.0. The molecule has 0 spiro atoms. The van der Waals surface area contributed by atoms with E-state index in [9.17, 15) is 19.2 Å². The number of furan rings is 2. The minimum atomic E-state index is -1.000. The van der Waals surface area contributed by atoms with Crippen LogP contribution < -0.4 is 19.9 Å². The Balaban J connectivity index is 0.841. The Labute approximate surface area is 314 Å². The molecule has 55 heavy (non-hydrogen) atoms. The van der Waals surface area contributed by atoms with Crippen LogP contribution in [0.15, 0.2) is 155 Å². The molecule has 12 nitrogen and oxygen atoms in total. The molecule has 2 unspecified atom stereocenters. The first-order valence-electron chi connectivity index (χ1n) is 18.0. The van der Waals surface area contributed by atoms with Gasteiger partial charge < -0.3 is 8.83 Å². The molecule has 10 rings (SSSR count). The third-order valence-electron chi connectivity index (χ3n) is 10.7. The standard InChI is InChI=1S/C43H32N4O8/c48-40-34-36(32-13-7-23-52-32)46(30-9-3-1-4-10-30)54-38(34)42(50)44(40)28-19-15-26(16-20-28)25-27-17-21-29(22-18-27)45-41(49)35-37(33-14-8-24-53-33)47(55-39(35)43(45)51)31-11-5-2-6-12-31/h1-24,34-39H,25H2/t34-,35+,36?,37?,38+,39-. The average Bonchev–Trinajstić information content (AvgIpc) is 4.08.